The van der Waals surface area contributed by atoms with E-state index in [4.69, 9.17) is 14.6 Å². The maximum Gasteiger partial charge on any atom is -0.0554 e. The van der Waals surface area contributed by atoms with Crippen molar-refractivity contribution in [2.45, 2.75) is 20.5 Å². The fourth-order valence-electron chi connectivity index (χ4n) is 3.68. The van der Waals surface area contributed by atoms with Crippen molar-refractivity contribution in [1.29, 1.82) is 0 Å². The molecule has 0 saturated carbocycles. The van der Waals surface area contributed by atoms with Crippen LogP contribution < -0.4 is 12.9 Å². The summed E-state index contributed by atoms with van der Waals surface area (Å²) in [5.74, 6) is -0.339. The molecule has 2 N–H and O–H groups in total. The minimum absolute atomic E-state index is 0.246. The molecule has 6 nitrogen and oxygen atoms in total. The number of aliphatic carboxylic acids is 1. The summed E-state index contributed by atoms with van der Waals surface area (Å²) in [6, 6.07) is 28.8. The molecule has 0 fully saturated rings. The topological polar surface area (TPSA) is 88.0 Å². The Morgan fingerprint density at radius 1 is 1.03 bits per heavy atom. The maximum atomic E-state index is 12.7. The second kappa shape index (κ2) is 12.9. The van der Waals surface area contributed by atoms with Crippen LogP contribution in [0.25, 0.3) is 16.8 Å². The number of rotatable bonds is 5. The Morgan fingerprint density at radius 3 is 2.32 bits per heavy atom. The number of aliphatic imine (C=N–C) groups is 1. The number of aryl methyl sites for hydroxylation is 1. The zero-order chi connectivity index (χ0) is 27.1. The molecule has 0 saturated heterocycles. The van der Waals surface area contributed by atoms with Crippen LogP contribution in [-0.4, -0.2) is 50.1 Å². The smallest absolute Gasteiger partial charge is 0.0554 e. The van der Waals surface area contributed by atoms with Crippen molar-refractivity contribution in [2.75, 3.05) is 5.32 Å². The number of carbonyl (C=O) groups is 2. The van der Waals surface area contributed by atoms with E-state index in [1.54, 1.807) is 0 Å². The van der Waals surface area contributed by atoms with Crippen LogP contribution in [0.2, 0.25) is 0 Å². The van der Waals surface area contributed by atoms with Crippen LogP contribution in [0, 0.1) is 6.92 Å². The van der Waals surface area contributed by atoms with E-state index < -0.39 is 5.97 Å². The molecule has 4 aromatic carbocycles. The average Bonchev–Trinajstić information content (AvgIpc) is 3.23. The van der Waals surface area contributed by atoms with Gasteiger partial charge in [-0.15, -0.1) is 0 Å². The summed E-state index contributed by atoms with van der Waals surface area (Å²) < 4.78 is 7.55. The van der Waals surface area contributed by atoms with Crippen molar-refractivity contribution in [3.8, 4) is 5.75 Å². The van der Waals surface area contributed by atoms with Crippen LogP contribution in [0.5, 0.6) is 5.75 Å². The van der Waals surface area contributed by atoms with E-state index >= 15 is 0 Å². The van der Waals surface area contributed by atoms with Gasteiger partial charge in [-0.05, 0) is 17.9 Å². The molecule has 5 rings (SSSR count). The second-order valence-corrected chi connectivity index (χ2v) is 11.0. The summed E-state index contributed by atoms with van der Waals surface area (Å²) in [7, 11) is 0. The molecule has 1 amide bonds. The van der Waals surface area contributed by atoms with Gasteiger partial charge in [0.2, 0.25) is 0 Å². The molecule has 1 aliphatic rings. The largest absolute Gasteiger partial charge is 0.0589 e. The van der Waals surface area contributed by atoms with Gasteiger partial charge in [-0.1, -0.05) is 54.1 Å². The van der Waals surface area contributed by atoms with E-state index in [0.29, 0.717) is 16.7 Å². The van der Waals surface area contributed by atoms with Crippen molar-refractivity contribution < 1.29 is 19.4 Å². The van der Waals surface area contributed by atoms with Gasteiger partial charge in [-0.25, -0.2) is 0 Å². The number of hydrogen-bond acceptors (Lipinski definition) is 5. The number of nitrogens with zero attached hydrogens (tertiary/aromatic N) is 1. The Morgan fingerprint density at radius 2 is 1.66 bits per heavy atom. The number of nitrogens with one attached hydrogen (secondary N) is 1. The quantitative estimate of drug-likeness (QED) is 0.254. The van der Waals surface area contributed by atoms with Gasteiger partial charge in [0.1, 0.15) is 6.61 Å². The molecule has 1 heterocycles. The van der Waals surface area contributed by atoms with Gasteiger partial charge in [-0.3, -0.25) is 4.79 Å². The van der Waals surface area contributed by atoms with Gasteiger partial charge in [0.15, 0.2) is 0 Å². The predicted octanol–water partition coefficient (Wildman–Crippen LogP) is 5.69. The van der Waals surface area contributed by atoms with Crippen LogP contribution in [0.1, 0.15) is 23.6 Å². The number of carboxylic acid groups (broad SMARTS) is 1. The van der Waals surface area contributed by atoms with Crippen LogP contribution in [0.4, 0.5) is 5.69 Å². The molecule has 0 atom stereocenters. The molecule has 1 aliphatic heterocycles. The number of ether oxygens (including phenoxy) is 1. The standard InChI is InChI=1S/C28H21N2O2S.C2H4O2.Na/c1-19-11-13-20(14-12-19)18-32-25-16-22-8-6-5-7-21(22)15-23(25)17-26-27(31)30-28(33-26)29-24-9-3-2-4-10-24;1-2(3)4;/h3-17H,18H2,1H3,(H,29,30,31);1H3,(H,3,4);/b26-17+;;. The fraction of sp³-hybridized carbons (Fsp3) is 0.100. The minimum atomic E-state index is -0.833. The summed E-state index contributed by atoms with van der Waals surface area (Å²) >= 11 is 2.36. The summed E-state index contributed by atoms with van der Waals surface area (Å²) in [5.41, 5.74) is 4.10. The summed E-state index contributed by atoms with van der Waals surface area (Å²) in [5, 5.41) is 13.4. The van der Waals surface area contributed by atoms with Crippen LogP contribution >= 0.6 is 11.8 Å². The van der Waals surface area contributed by atoms with Gasteiger partial charge < -0.3 is 5.11 Å². The molecule has 0 radical (unpaired) electrons. The monoisotopic (exact) mass is 532 g/mol. The third-order valence-electron chi connectivity index (χ3n) is 5.60. The van der Waals surface area contributed by atoms with Gasteiger partial charge in [0, 0.05) is 6.92 Å². The minimum Gasteiger partial charge on any atom is -0.0589 e. The Balaban J connectivity index is 0.000000786. The number of thioether (sulfide) groups is 1. The summed E-state index contributed by atoms with van der Waals surface area (Å²) in [6.45, 7) is 3.61. The second-order valence-electron chi connectivity index (χ2n) is 8.85. The molecule has 0 spiro atoms. The van der Waals surface area contributed by atoms with Gasteiger partial charge in [0.25, 0.3) is 5.97 Å². The van der Waals surface area contributed by atoms with Crippen molar-refractivity contribution in [3.63, 3.8) is 0 Å². The number of anilines is 1. The molecular weight excluding hydrogens is 507 g/mol. The number of amidine groups is 1. The van der Waals surface area contributed by atoms with E-state index in [9.17, 15) is 4.79 Å². The third-order valence-corrected chi connectivity index (χ3v) is 7.17. The third kappa shape index (κ3) is 7.82. The molecule has 0 aliphatic carbocycles. The first-order chi connectivity index (χ1) is 18.3. The molecule has 0 aromatic heterocycles. The van der Waals surface area contributed by atoms with E-state index in [2.05, 4.69) is 71.8 Å². The van der Waals surface area contributed by atoms with E-state index in [0.717, 1.165) is 68.2 Å². The number of benzene rings is 4. The number of fused-ring (bicyclic) bond motifs is 1. The number of carbonyl (C=O) groups excluding carboxylic acids is 1. The maximum absolute atomic E-state index is 12.7. The Labute approximate surface area is 243 Å². The van der Waals surface area contributed by atoms with Crippen molar-refractivity contribution >= 4 is 82.1 Å². The molecular formula is C30H25N2NaO4S. The zero-order valence-corrected chi connectivity index (χ0v) is 24.2. The first-order valence-corrected chi connectivity index (χ1v) is 13.9. The Hall–Kier alpha value is -3.36. The van der Waals surface area contributed by atoms with Crippen LogP contribution in [-0.2, 0) is 16.2 Å². The van der Waals surface area contributed by atoms with E-state index in [-0.39, 0.29) is 5.91 Å². The number of hydrogen-bond donors (Lipinski definition) is 2. The fourth-order valence-corrected chi connectivity index (χ4v) is 4.84. The van der Waals surface area contributed by atoms with Gasteiger partial charge >= 0.3 is 143 Å². The van der Waals surface area contributed by atoms with Crippen molar-refractivity contribution in [1.82, 2.24) is 0 Å². The first-order valence-electron chi connectivity index (χ1n) is 12.0. The first kappa shape index (κ1) is 27.7. The Kier molecular flexibility index (Phi) is 9.42. The molecule has 0 unspecified atom stereocenters. The molecule has 38 heavy (non-hydrogen) atoms. The van der Waals surface area contributed by atoms with Gasteiger partial charge in [-0.2, -0.15) is 0 Å². The van der Waals surface area contributed by atoms with Gasteiger partial charge in [0.05, 0.1) is 0 Å². The van der Waals surface area contributed by atoms with Crippen LogP contribution in [0.3, 0.4) is 0 Å². The number of carboxylic acids is 1. The SMILES string of the molecule is CC(=O)O.Cc1ccc(COc2cc3ccccc3cc2/C=C2/SC(Nc3cc[c]([Na])cc3)=NC2=O)cc1. The average molecular weight is 533 g/mol. The van der Waals surface area contributed by atoms with Crippen LogP contribution in [0.15, 0.2) is 94.8 Å². The molecule has 8 heteroatoms. The van der Waals surface area contributed by atoms with Crippen molar-refractivity contribution in [2.24, 2.45) is 4.99 Å². The summed E-state index contributed by atoms with van der Waals surface area (Å²) in [6.07, 6.45) is 1.88. The summed E-state index contributed by atoms with van der Waals surface area (Å²) in [4.78, 5) is 26.4. The molecule has 4 aromatic rings. The zero-order valence-electron chi connectivity index (χ0n) is 21.4. The normalized spacial score (nSPS) is 13.6. The molecule has 186 valence electrons. The predicted molar refractivity (Wildman–Crippen MR) is 156 cm³/mol. The molecule has 0 bridgehead atoms. The van der Waals surface area contributed by atoms with E-state index in [1.807, 2.05) is 36.4 Å². The number of amides is 1. The van der Waals surface area contributed by atoms with E-state index in [1.165, 1.54) is 20.1 Å². The Bertz CT molecular complexity index is 1530. The van der Waals surface area contributed by atoms with Crippen molar-refractivity contribution in [3.05, 3.63) is 107 Å².